The van der Waals surface area contributed by atoms with Crippen molar-refractivity contribution < 1.29 is 17.4 Å². The Morgan fingerprint density at radius 3 is 2.35 bits per heavy atom. The fraction of sp³-hybridized carbons (Fsp3) is 0.364. The van der Waals surface area contributed by atoms with Gasteiger partial charge in [0.2, 0.25) is 0 Å². The van der Waals surface area contributed by atoms with Crippen molar-refractivity contribution >= 4 is 32.3 Å². The number of hydrogen-bond acceptors (Lipinski definition) is 4. The van der Waals surface area contributed by atoms with Crippen LogP contribution in [0.5, 0.6) is 0 Å². The molecule has 94 valence electrons. The van der Waals surface area contributed by atoms with Gasteiger partial charge < -0.3 is 0 Å². The molecule has 0 radical (unpaired) electrons. The normalized spacial score (nSPS) is 12.5. The molecule has 0 aliphatic heterocycles. The third-order valence-electron chi connectivity index (χ3n) is 2.67. The summed E-state index contributed by atoms with van der Waals surface area (Å²) < 4.78 is 27.5. The van der Waals surface area contributed by atoms with Crippen LogP contribution in [0.1, 0.15) is 29.8 Å². The number of rotatable bonds is 4. The molecule has 0 aliphatic carbocycles. The third-order valence-corrected chi connectivity index (χ3v) is 5.28. The molecule has 0 atom stereocenters. The van der Waals surface area contributed by atoms with Gasteiger partial charge in [-0.3, -0.25) is 8.98 Å². The van der Waals surface area contributed by atoms with E-state index in [1.165, 1.54) is 0 Å². The average molecular weight is 321 g/mol. The van der Waals surface area contributed by atoms with Gasteiger partial charge in [0, 0.05) is 10.0 Å². The minimum atomic E-state index is -3.70. The first-order chi connectivity index (χ1) is 7.76. The van der Waals surface area contributed by atoms with Gasteiger partial charge in [-0.25, -0.2) is 0 Å². The van der Waals surface area contributed by atoms with E-state index >= 15 is 0 Å². The van der Waals surface area contributed by atoms with Gasteiger partial charge in [-0.2, -0.15) is 8.42 Å². The molecular formula is C11H13BrO4S. The Morgan fingerprint density at radius 2 is 1.94 bits per heavy atom. The van der Waals surface area contributed by atoms with E-state index in [9.17, 15) is 13.2 Å². The Morgan fingerprint density at radius 1 is 1.35 bits per heavy atom. The molecule has 0 bridgehead atoms. The van der Waals surface area contributed by atoms with Gasteiger partial charge in [-0.05, 0) is 25.5 Å². The zero-order valence-corrected chi connectivity index (χ0v) is 12.1. The molecule has 6 heteroatoms. The van der Waals surface area contributed by atoms with Crippen LogP contribution in [-0.4, -0.2) is 21.8 Å². The van der Waals surface area contributed by atoms with Crippen molar-refractivity contribution in [3.63, 3.8) is 0 Å². The summed E-state index contributed by atoms with van der Waals surface area (Å²) in [7, 11) is -2.57. The highest BCUT2D eigenvalue weighted by molar-refractivity contribution is 9.10. The molecule has 0 aromatic heterocycles. The molecule has 0 amide bonds. The Bertz CT molecular complexity index is 534. The molecule has 0 fully saturated rings. The van der Waals surface area contributed by atoms with Crippen LogP contribution in [0.4, 0.5) is 0 Å². The highest BCUT2D eigenvalue weighted by atomic mass is 79.9. The first-order valence-electron chi connectivity index (χ1n) is 4.81. The van der Waals surface area contributed by atoms with Crippen molar-refractivity contribution in [2.45, 2.75) is 18.6 Å². The second-order valence-electron chi connectivity index (χ2n) is 3.99. The first kappa shape index (κ1) is 14.3. The summed E-state index contributed by atoms with van der Waals surface area (Å²) in [6, 6.07) is 4.78. The average Bonchev–Trinajstić information content (AvgIpc) is 2.28. The molecule has 0 saturated heterocycles. The Balaban J connectivity index is 3.35. The lowest BCUT2D eigenvalue weighted by atomic mass is 10.0. The van der Waals surface area contributed by atoms with Crippen molar-refractivity contribution in [3.8, 4) is 0 Å². The largest absolute Gasteiger partial charge is 0.298 e. The highest BCUT2D eigenvalue weighted by Crippen LogP contribution is 2.32. The molecule has 0 heterocycles. The maximum absolute atomic E-state index is 11.8. The van der Waals surface area contributed by atoms with Crippen LogP contribution in [0.15, 0.2) is 22.7 Å². The van der Waals surface area contributed by atoms with Gasteiger partial charge in [-0.15, -0.1) is 0 Å². The van der Waals surface area contributed by atoms with Gasteiger partial charge in [0.25, 0.3) is 10.1 Å². The molecular weight excluding hydrogens is 308 g/mol. The molecule has 1 rings (SSSR count). The topological polar surface area (TPSA) is 60.4 Å². The van der Waals surface area contributed by atoms with Crippen molar-refractivity contribution in [2.75, 3.05) is 7.11 Å². The van der Waals surface area contributed by atoms with Crippen molar-refractivity contribution in [1.29, 1.82) is 0 Å². The minimum Gasteiger partial charge on any atom is -0.298 e. The molecule has 0 N–H and O–H groups in total. The van der Waals surface area contributed by atoms with Crippen LogP contribution in [0.3, 0.4) is 0 Å². The van der Waals surface area contributed by atoms with E-state index in [1.807, 2.05) is 0 Å². The van der Waals surface area contributed by atoms with E-state index in [-0.39, 0.29) is 0 Å². The van der Waals surface area contributed by atoms with Crippen LogP contribution in [-0.2, 0) is 19.0 Å². The maximum Gasteiger partial charge on any atom is 0.276 e. The lowest BCUT2D eigenvalue weighted by Gasteiger charge is -2.24. The fourth-order valence-electron chi connectivity index (χ4n) is 1.35. The van der Waals surface area contributed by atoms with E-state index in [4.69, 9.17) is 0 Å². The molecule has 1 aromatic carbocycles. The van der Waals surface area contributed by atoms with E-state index in [1.54, 1.807) is 32.0 Å². The molecule has 4 nitrogen and oxygen atoms in total. The minimum absolute atomic E-state index is 0.472. The van der Waals surface area contributed by atoms with E-state index in [2.05, 4.69) is 20.1 Å². The summed E-state index contributed by atoms with van der Waals surface area (Å²) in [5.74, 6) is 0. The zero-order chi connectivity index (χ0) is 13.3. The lowest BCUT2D eigenvalue weighted by Crippen LogP contribution is -2.30. The van der Waals surface area contributed by atoms with Crippen molar-refractivity contribution in [1.82, 2.24) is 0 Å². The van der Waals surface area contributed by atoms with Crippen LogP contribution < -0.4 is 0 Å². The van der Waals surface area contributed by atoms with E-state index < -0.39 is 14.9 Å². The Labute approximate surface area is 109 Å². The third kappa shape index (κ3) is 2.59. The van der Waals surface area contributed by atoms with E-state index in [0.717, 1.165) is 7.11 Å². The smallest absolute Gasteiger partial charge is 0.276 e. The lowest BCUT2D eigenvalue weighted by molar-refractivity contribution is 0.112. The predicted molar refractivity (Wildman–Crippen MR) is 68.5 cm³/mol. The van der Waals surface area contributed by atoms with Gasteiger partial charge in [-0.1, -0.05) is 28.1 Å². The van der Waals surface area contributed by atoms with Crippen LogP contribution >= 0.6 is 15.9 Å². The van der Waals surface area contributed by atoms with E-state index in [0.29, 0.717) is 21.9 Å². The number of benzene rings is 1. The number of carbonyl (C=O) groups is 1. The summed E-state index contributed by atoms with van der Waals surface area (Å²) >= 11 is 3.22. The van der Waals surface area contributed by atoms with Crippen LogP contribution in [0.25, 0.3) is 0 Å². The van der Waals surface area contributed by atoms with Gasteiger partial charge in [0.1, 0.15) is 4.75 Å². The Hall–Kier alpha value is -0.720. The van der Waals surface area contributed by atoms with Gasteiger partial charge in [0.05, 0.1) is 7.11 Å². The molecule has 0 saturated carbocycles. The second-order valence-corrected chi connectivity index (χ2v) is 7.10. The monoisotopic (exact) mass is 320 g/mol. The standard InChI is InChI=1S/C11H13BrO4S/c1-11(2,17(14,15)16-3)9-5-4-8(7-13)10(12)6-9/h4-7H,1-3H3. The zero-order valence-electron chi connectivity index (χ0n) is 9.73. The summed E-state index contributed by atoms with van der Waals surface area (Å²) in [5, 5.41) is 0. The second kappa shape index (κ2) is 4.88. The summed E-state index contributed by atoms with van der Waals surface area (Å²) in [4.78, 5) is 10.7. The van der Waals surface area contributed by atoms with Crippen molar-refractivity contribution in [3.05, 3.63) is 33.8 Å². The summed E-state index contributed by atoms with van der Waals surface area (Å²) in [6.45, 7) is 3.10. The molecule has 0 aliphatic rings. The Kier molecular flexibility index (Phi) is 4.11. The maximum atomic E-state index is 11.8. The quantitative estimate of drug-likeness (QED) is 0.631. The van der Waals surface area contributed by atoms with Crippen molar-refractivity contribution in [2.24, 2.45) is 0 Å². The summed E-state index contributed by atoms with van der Waals surface area (Å²) in [6.07, 6.45) is 0.700. The number of halogens is 1. The van der Waals surface area contributed by atoms with Gasteiger partial charge in [0.15, 0.2) is 6.29 Å². The molecule has 0 unspecified atom stereocenters. The molecule has 17 heavy (non-hydrogen) atoms. The first-order valence-corrected chi connectivity index (χ1v) is 7.02. The number of aldehydes is 1. The highest BCUT2D eigenvalue weighted by Gasteiger charge is 2.36. The summed E-state index contributed by atoms with van der Waals surface area (Å²) in [5.41, 5.74) is 1.02. The number of hydrogen-bond donors (Lipinski definition) is 0. The number of carbonyl (C=O) groups excluding carboxylic acids is 1. The molecule has 1 aromatic rings. The predicted octanol–water partition coefficient (Wildman–Crippen LogP) is 2.47. The fourth-order valence-corrected chi connectivity index (χ4v) is 2.65. The van der Waals surface area contributed by atoms with Gasteiger partial charge >= 0.3 is 0 Å². The SMILES string of the molecule is COS(=O)(=O)C(C)(C)c1ccc(C=O)c(Br)c1. The van der Waals surface area contributed by atoms with Crippen LogP contribution in [0.2, 0.25) is 0 Å². The van der Waals surface area contributed by atoms with Crippen LogP contribution in [0, 0.1) is 0 Å². The molecule has 0 spiro atoms.